The molecule has 4 heteroatoms. The average Bonchev–Trinajstić information content (AvgIpc) is 2.26. The van der Waals surface area contributed by atoms with Gasteiger partial charge in [-0.05, 0) is 13.1 Å². The zero-order valence-corrected chi connectivity index (χ0v) is 9.05. The van der Waals surface area contributed by atoms with Crippen LogP contribution in [-0.2, 0) is 11.3 Å². The Balaban J connectivity index is 2.53. The van der Waals surface area contributed by atoms with Gasteiger partial charge in [0.05, 0.1) is 20.3 Å². The number of benzene rings is 1. The molecule has 0 aliphatic rings. The standard InChI is InChI=1S/C11H16FNO2/c1-13-6-7-15-8-9-4-3-5-10(14-2)11(9)12/h3-5,13H,6-8H2,1-2H3. The maximum absolute atomic E-state index is 13.6. The summed E-state index contributed by atoms with van der Waals surface area (Å²) in [5.74, 6) is -0.0887. The van der Waals surface area contributed by atoms with Crippen LogP contribution in [0.1, 0.15) is 5.56 Å². The minimum absolute atomic E-state index is 0.254. The summed E-state index contributed by atoms with van der Waals surface area (Å²) in [6.07, 6.45) is 0. The van der Waals surface area contributed by atoms with E-state index in [-0.39, 0.29) is 18.2 Å². The van der Waals surface area contributed by atoms with E-state index in [1.807, 2.05) is 7.05 Å². The van der Waals surface area contributed by atoms with Crippen molar-refractivity contribution >= 4 is 0 Å². The third-order valence-corrected chi connectivity index (χ3v) is 2.02. The second kappa shape index (κ2) is 6.37. The molecule has 0 saturated heterocycles. The van der Waals surface area contributed by atoms with Crippen molar-refractivity contribution in [2.24, 2.45) is 0 Å². The Kier molecular flexibility index (Phi) is 5.07. The van der Waals surface area contributed by atoms with Crippen molar-refractivity contribution in [3.05, 3.63) is 29.6 Å². The number of methoxy groups -OCH3 is 1. The van der Waals surface area contributed by atoms with Gasteiger partial charge in [-0.15, -0.1) is 0 Å². The number of halogens is 1. The normalized spacial score (nSPS) is 10.3. The van der Waals surface area contributed by atoms with Crippen LogP contribution in [0.25, 0.3) is 0 Å². The molecule has 1 rings (SSSR count). The first-order valence-corrected chi connectivity index (χ1v) is 4.83. The number of hydrogen-bond donors (Lipinski definition) is 1. The summed E-state index contributed by atoms with van der Waals surface area (Å²) >= 11 is 0. The van der Waals surface area contributed by atoms with Gasteiger partial charge in [-0.3, -0.25) is 0 Å². The van der Waals surface area contributed by atoms with Crippen LogP contribution < -0.4 is 10.1 Å². The van der Waals surface area contributed by atoms with Crippen molar-refractivity contribution in [2.45, 2.75) is 6.61 Å². The Labute approximate surface area is 89.2 Å². The van der Waals surface area contributed by atoms with E-state index in [9.17, 15) is 4.39 Å². The van der Waals surface area contributed by atoms with Crippen molar-refractivity contribution in [3.63, 3.8) is 0 Å². The quantitative estimate of drug-likeness (QED) is 0.728. The lowest BCUT2D eigenvalue weighted by atomic mass is 10.2. The van der Waals surface area contributed by atoms with Gasteiger partial charge in [0.1, 0.15) is 0 Å². The summed E-state index contributed by atoms with van der Waals surface area (Å²) in [5.41, 5.74) is 0.519. The summed E-state index contributed by atoms with van der Waals surface area (Å²) in [6, 6.07) is 5.03. The summed E-state index contributed by atoms with van der Waals surface area (Å²) in [4.78, 5) is 0. The van der Waals surface area contributed by atoms with Gasteiger partial charge in [-0.1, -0.05) is 12.1 Å². The maximum Gasteiger partial charge on any atom is 0.170 e. The lowest BCUT2D eigenvalue weighted by Gasteiger charge is -2.07. The number of ether oxygens (including phenoxy) is 2. The fourth-order valence-electron chi connectivity index (χ4n) is 1.18. The van der Waals surface area contributed by atoms with Gasteiger partial charge in [0, 0.05) is 12.1 Å². The average molecular weight is 213 g/mol. The van der Waals surface area contributed by atoms with E-state index in [0.717, 1.165) is 6.54 Å². The SMILES string of the molecule is CNCCOCc1cccc(OC)c1F. The van der Waals surface area contributed by atoms with E-state index >= 15 is 0 Å². The molecule has 0 aliphatic heterocycles. The number of hydrogen-bond acceptors (Lipinski definition) is 3. The molecular weight excluding hydrogens is 197 g/mol. The highest BCUT2D eigenvalue weighted by Crippen LogP contribution is 2.20. The first-order valence-electron chi connectivity index (χ1n) is 4.83. The highest BCUT2D eigenvalue weighted by Gasteiger charge is 2.07. The molecular formula is C11H16FNO2. The molecule has 15 heavy (non-hydrogen) atoms. The second-order valence-electron chi connectivity index (χ2n) is 3.09. The van der Waals surface area contributed by atoms with E-state index in [1.165, 1.54) is 7.11 Å². The van der Waals surface area contributed by atoms with E-state index in [0.29, 0.717) is 12.2 Å². The third-order valence-electron chi connectivity index (χ3n) is 2.02. The Morgan fingerprint density at radius 3 is 2.87 bits per heavy atom. The van der Waals surface area contributed by atoms with Crippen LogP contribution in [0, 0.1) is 5.82 Å². The molecule has 1 N–H and O–H groups in total. The smallest absolute Gasteiger partial charge is 0.170 e. The molecule has 0 bridgehead atoms. The van der Waals surface area contributed by atoms with E-state index < -0.39 is 0 Å². The molecule has 0 unspecified atom stereocenters. The lowest BCUT2D eigenvalue weighted by molar-refractivity contribution is 0.121. The molecule has 1 aromatic carbocycles. The summed E-state index contributed by atoms with van der Waals surface area (Å²) in [5, 5.41) is 2.95. The molecule has 0 heterocycles. The predicted molar refractivity (Wildman–Crippen MR) is 56.5 cm³/mol. The van der Waals surface area contributed by atoms with Crippen molar-refractivity contribution in [3.8, 4) is 5.75 Å². The lowest BCUT2D eigenvalue weighted by Crippen LogP contribution is -2.14. The first kappa shape index (κ1) is 11.9. The molecule has 0 atom stereocenters. The Hall–Kier alpha value is -1.13. The molecule has 3 nitrogen and oxygen atoms in total. The third kappa shape index (κ3) is 3.49. The van der Waals surface area contributed by atoms with Gasteiger partial charge < -0.3 is 14.8 Å². The van der Waals surface area contributed by atoms with Crippen LogP contribution in [0.5, 0.6) is 5.75 Å². The molecule has 0 fully saturated rings. The van der Waals surface area contributed by atoms with Crippen LogP contribution >= 0.6 is 0 Å². The van der Waals surface area contributed by atoms with Crippen LogP contribution in [0.15, 0.2) is 18.2 Å². The zero-order valence-electron chi connectivity index (χ0n) is 9.05. The summed E-state index contributed by atoms with van der Waals surface area (Å²) in [6.45, 7) is 1.59. The fraction of sp³-hybridized carbons (Fsp3) is 0.455. The van der Waals surface area contributed by atoms with E-state index in [4.69, 9.17) is 9.47 Å². The molecule has 0 radical (unpaired) electrons. The topological polar surface area (TPSA) is 30.5 Å². The fourth-order valence-corrected chi connectivity index (χ4v) is 1.18. The maximum atomic E-state index is 13.6. The summed E-state index contributed by atoms with van der Waals surface area (Å²) in [7, 11) is 3.29. The Bertz CT molecular complexity index is 305. The molecule has 84 valence electrons. The van der Waals surface area contributed by atoms with Crippen molar-refractivity contribution in [2.75, 3.05) is 27.3 Å². The predicted octanol–water partition coefficient (Wildman–Crippen LogP) is 1.57. The van der Waals surface area contributed by atoms with Crippen LogP contribution in [-0.4, -0.2) is 27.3 Å². The highest BCUT2D eigenvalue weighted by molar-refractivity contribution is 5.30. The largest absolute Gasteiger partial charge is 0.494 e. The number of likely N-dealkylation sites (N-methyl/N-ethyl adjacent to an activating group) is 1. The van der Waals surface area contributed by atoms with Crippen LogP contribution in [0.3, 0.4) is 0 Å². The van der Waals surface area contributed by atoms with Crippen molar-refractivity contribution in [1.29, 1.82) is 0 Å². The van der Waals surface area contributed by atoms with Gasteiger partial charge in [-0.2, -0.15) is 0 Å². The monoisotopic (exact) mass is 213 g/mol. The Morgan fingerprint density at radius 1 is 1.40 bits per heavy atom. The number of nitrogens with one attached hydrogen (secondary N) is 1. The second-order valence-corrected chi connectivity index (χ2v) is 3.09. The van der Waals surface area contributed by atoms with Gasteiger partial charge in [-0.25, -0.2) is 4.39 Å². The van der Waals surface area contributed by atoms with Crippen LogP contribution in [0.2, 0.25) is 0 Å². The first-order chi connectivity index (χ1) is 7.29. The van der Waals surface area contributed by atoms with Crippen LogP contribution in [0.4, 0.5) is 4.39 Å². The molecule has 0 spiro atoms. The minimum atomic E-state index is -0.343. The van der Waals surface area contributed by atoms with E-state index in [1.54, 1.807) is 18.2 Å². The number of rotatable bonds is 6. The molecule has 1 aromatic rings. The van der Waals surface area contributed by atoms with Crippen molar-refractivity contribution < 1.29 is 13.9 Å². The molecule has 0 aliphatic carbocycles. The minimum Gasteiger partial charge on any atom is -0.494 e. The van der Waals surface area contributed by atoms with Gasteiger partial charge in [0.25, 0.3) is 0 Å². The van der Waals surface area contributed by atoms with Gasteiger partial charge in [0.15, 0.2) is 11.6 Å². The van der Waals surface area contributed by atoms with Gasteiger partial charge in [0.2, 0.25) is 0 Å². The van der Waals surface area contributed by atoms with Gasteiger partial charge >= 0.3 is 0 Å². The summed E-state index contributed by atoms with van der Waals surface area (Å²) < 4.78 is 23.7. The zero-order chi connectivity index (χ0) is 11.1. The molecule has 0 saturated carbocycles. The molecule has 0 aromatic heterocycles. The highest BCUT2D eigenvalue weighted by atomic mass is 19.1. The Morgan fingerprint density at radius 2 is 2.20 bits per heavy atom. The van der Waals surface area contributed by atoms with Crippen molar-refractivity contribution in [1.82, 2.24) is 5.32 Å². The van der Waals surface area contributed by atoms with E-state index in [2.05, 4.69) is 5.32 Å². The molecule has 0 amide bonds.